The lowest BCUT2D eigenvalue weighted by Gasteiger charge is -2.21. The Kier molecular flexibility index (Phi) is 6.37. The third-order valence-electron chi connectivity index (χ3n) is 5.94. The first-order chi connectivity index (χ1) is 15.5. The zero-order valence-electron chi connectivity index (χ0n) is 17.8. The number of fused-ring (bicyclic) bond motifs is 1. The van der Waals surface area contributed by atoms with Crippen molar-refractivity contribution in [3.05, 3.63) is 71.8 Å². The molecule has 2 aromatic rings. The lowest BCUT2D eigenvalue weighted by atomic mass is 9.86. The molecule has 0 bridgehead atoms. The van der Waals surface area contributed by atoms with Gasteiger partial charge in [0.2, 0.25) is 11.8 Å². The highest BCUT2D eigenvalue weighted by Gasteiger charge is 2.60. The fourth-order valence-electron chi connectivity index (χ4n) is 4.43. The fourth-order valence-corrected chi connectivity index (χ4v) is 4.43. The Labute approximate surface area is 186 Å². The van der Waals surface area contributed by atoms with Crippen molar-refractivity contribution in [2.75, 3.05) is 13.2 Å². The summed E-state index contributed by atoms with van der Waals surface area (Å²) in [6.45, 7) is 2.74. The monoisotopic (exact) mass is 434 g/mol. The third-order valence-corrected chi connectivity index (χ3v) is 5.94. The molecule has 4 atom stereocenters. The van der Waals surface area contributed by atoms with Crippen molar-refractivity contribution in [3.63, 3.8) is 0 Å². The van der Waals surface area contributed by atoms with E-state index in [9.17, 15) is 19.5 Å². The first-order valence-corrected chi connectivity index (χ1v) is 10.8. The molecule has 2 amide bonds. The summed E-state index contributed by atoms with van der Waals surface area (Å²) in [6, 6.07) is 15.1. The van der Waals surface area contributed by atoms with Gasteiger partial charge in [0.1, 0.15) is 11.8 Å². The number of likely N-dealkylation sites (tertiary alicyclic amines) is 1. The number of benzene rings is 2. The van der Waals surface area contributed by atoms with Gasteiger partial charge in [-0.05, 0) is 29.7 Å². The minimum absolute atomic E-state index is 0.114. The van der Waals surface area contributed by atoms with Crippen LogP contribution >= 0.6 is 0 Å². The van der Waals surface area contributed by atoms with Gasteiger partial charge in [-0.2, -0.15) is 0 Å². The van der Waals surface area contributed by atoms with E-state index in [0.29, 0.717) is 12.4 Å². The van der Waals surface area contributed by atoms with E-state index in [1.54, 1.807) is 18.2 Å². The summed E-state index contributed by atoms with van der Waals surface area (Å²) in [5.41, 5.74) is 1.72. The topological polar surface area (TPSA) is 95.9 Å². The molecule has 2 saturated heterocycles. The second-order valence-corrected chi connectivity index (χ2v) is 8.03. The summed E-state index contributed by atoms with van der Waals surface area (Å²) >= 11 is 0. The van der Waals surface area contributed by atoms with E-state index < -0.39 is 35.8 Å². The molecule has 0 saturated carbocycles. The maximum atomic E-state index is 13.2. The largest absolute Gasteiger partial charge is 0.494 e. The Morgan fingerprint density at radius 1 is 1.06 bits per heavy atom. The van der Waals surface area contributed by atoms with E-state index >= 15 is 0 Å². The molecule has 4 rings (SSSR count). The summed E-state index contributed by atoms with van der Waals surface area (Å²) in [5.74, 6) is -2.88. The second-order valence-electron chi connectivity index (χ2n) is 8.03. The second kappa shape index (κ2) is 9.36. The molecule has 2 heterocycles. The number of amides is 2. The lowest BCUT2D eigenvalue weighted by Crippen LogP contribution is -2.43. The van der Waals surface area contributed by atoms with Gasteiger partial charge in [-0.15, -0.1) is 0 Å². The van der Waals surface area contributed by atoms with Crippen LogP contribution in [0.2, 0.25) is 0 Å². The molecule has 2 aliphatic rings. The molecule has 0 aliphatic carbocycles. The molecule has 0 radical (unpaired) electrons. The highest BCUT2D eigenvalue weighted by molar-refractivity contribution is 6.08. The molecule has 32 heavy (non-hydrogen) atoms. The van der Waals surface area contributed by atoms with Gasteiger partial charge in [-0.25, -0.2) is 0 Å². The highest BCUT2D eigenvalue weighted by atomic mass is 16.5. The average Bonchev–Trinajstić information content (AvgIpc) is 3.31. The van der Waals surface area contributed by atoms with Crippen LogP contribution in [0.15, 0.2) is 60.7 Å². The van der Waals surface area contributed by atoms with Crippen LogP contribution < -0.4 is 10.1 Å². The highest BCUT2D eigenvalue weighted by Crippen LogP contribution is 2.44. The van der Waals surface area contributed by atoms with Crippen LogP contribution in [0.1, 0.15) is 30.5 Å². The van der Waals surface area contributed by atoms with E-state index in [1.807, 2.05) is 55.5 Å². The average molecular weight is 434 g/mol. The number of carboxylic acids is 1. The molecule has 7 heteroatoms. The van der Waals surface area contributed by atoms with Gasteiger partial charge >= 0.3 is 5.97 Å². The van der Waals surface area contributed by atoms with Crippen LogP contribution in [0.3, 0.4) is 0 Å². The first kappa shape index (κ1) is 21.8. The maximum absolute atomic E-state index is 13.2. The summed E-state index contributed by atoms with van der Waals surface area (Å²) in [7, 11) is 0. The number of hydrogen-bond acceptors (Lipinski definition) is 5. The van der Waals surface area contributed by atoms with E-state index in [2.05, 4.69) is 5.32 Å². The number of nitrogens with zero attached hydrogens (tertiary/aromatic N) is 1. The predicted octanol–water partition coefficient (Wildman–Crippen LogP) is 2.89. The van der Waals surface area contributed by atoms with Crippen LogP contribution in [0, 0.1) is 11.8 Å². The molecule has 0 aromatic heterocycles. The Morgan fingerprint density at radius 3 is 2.41 bits per heavy atom. The van der Waals surface area contributed by atoms with Gasteiger partial charge in [0.05, 0.1) is 18.4 Å². The summed E-state index contributed by atoms with van der Waals surface area (Å²) < 4.78 is 5.60. The van der Waals surface area contributed by atoms with Crippen molar-refractivity contribution < 1.29 is 24.2 Å². The molecular weight excluding hydrogens is 408 g/mol. The Hall–Kier alpha value is -3.45. The standard InChI is InChI=1S/C25H26N2O5/c1-2-15-32-18-12-10-17(11-13-18)21-19-20(22(26-21)25(30)31)24(29)27(23(19)28)14-6-9-16-7-4-3-5-8-16/h3-13,19-22,26H,2,14-15H2,1H3,(H,30,31). The predicted molar refractivity (Wildman–Crippen MR) is 119 cm³/mol. The van der Waals surface area contributed by atoms with E-state index in [0.717, 1.165) is 17.5 Å². The molecule has 4 unspecified atom stereocenters. The molecule has 2 N–H and O–H groups in total. The van der Waals surface area contributed by atoms with Crippen LogP contribution in [0.25, 0.3) is 6.08 Å². The quantitative estimate of drug-likeness (QED) is 0.621. The number of ether oxygens (including phenoxy) is 1. The minimum Gasteiger partial charge on any atom is -0.494 e. The van der Waals surface area contributed by atoms with E-state index in [4.69, 9.17) is 4.74 Å². The van der Waals surface area contributed by atoms with Crippen molar-refractivity contribution in [2.45, 2.75) is 25.4 Å². The molecule has 0 spiro atoms. The number of carboxylic acid groups (broad SMARTS) is 1. The Bertz CT molecular complexity index is 1020. The van der Waals surface area contributed by atoms with Crippen molar-refractivity contribution in [3.8, 4) is 5.75 Å². The SMILES string of the molecule is CCCOc1ccc(C2NC(C(=O)O)C3C(=O)N(CC=Cc4ccccc4)C(=O)C23)cc1. The molecular formula is C25H26N2O5. The van der Waals surface area contributed by atoms with Crippen molar-refractivity contribution >= 4 is 23.9 Å². The van der Waals surface area contributed by atoms with Gasteiger partial charge in [0, 0.05) is 12.6 Å². The van der Waals surface area contributed by atoms with Gasteiger partial charge in [-0.1, -0.05) is 61.5 Å². The number of rotatable bonds is 8. The Morgan fingerprint density at radius 2 is 1.75 bits per heavy atom. The molecule has 2 aromatic carbocycles. The van der Waals surface area contributed by atoms with Gasteiger partial charge in [-0.3, -0.25) is 24.6 Å². The fraction of sp³-hybridized carbons (Fsp3) is 0.320. The molecule has 7 nitrogen and oxygen atoms in total. The van der Waals surface area contributed by atoms with Crippen LogP contribution in [-0.4, -0.2) is 47.0 Å². The molecule has 2 fully saturated rings. The van der Waals surface area contributed by atoms with Crippen LogP contribution in [0.5, 0.6) is 5.75 Å². The zero-order chi connectivity index (χ0) is 22.7. The van der Waals surface area contributed by atoms with Crippen molar-refractivity contribution in [2.24, 2.45) is 11.8 Å². The van der Waals surface area contributed by atoms with Crippen molar-refractivity contribution in [1.29, 1.82) is 0 Å². The maximum Gasteiger partial charge on any atom is 0.321 e. The van der Waals surface area contributed by atoms with Crippen molar-refractivity contribution in [1.82, 2.24) is 10.2 Å². The number of carbonyl (C=O) groups excluding carboxylic acids is 2. The smallest absolute Gasteiger partial charge is 0.321 e. The van der Waals surface area contributed by atoms with E-state index in [1.165, 1.54) is 4.90 Å². The number of hydrogen-bond donors (Lipinski definition) is 2. The number of nitrogens with one attached hydrogen (secondary N) is 1. The zero-order valence-corrected chi connectivity index (χ0v) is 17.8. The van der Waals surface area contributed by atoms with Crippen LogP contribution in [0.4, 0.5) is 0 Å². The number of imide groups is 1. The normalized spacial score (nSPS) is 24.8. The van der Waals surface area contributed by atoms with Gasteiger partial charge in [0.25, 0.3) is 0 Å². The summed E-state index contributed by atoms with van der Waals surface area (Å²) in [4.78, 5) is 39.3. The van der Waals surface area contributed by atoms with Gasteiger partial charge in [0.15, 0.2) is 0 Å². The van der Waals surface area contributed by atoms with Crippen LogP contribution in [-0.2, 0) is 14.4 Å². The Balaban J connectivity index is 1.55. The molecule has 2 aliphatic heterocycles. The minimum atomic E-state index is -1.13. The summed E-state index contributed by atoms with van der Waals surface area (Å²) in [5, 5.41) is 12.7. The summed E-state index contributed by atoms with van der Waals surface area (Å²) in [6.07, 6.45) is 4.49. The third kappa shape index (κ3) is 4.16. The number of carbonyl (C=O) groups is 3. The molecule has 166 valence electrons. The van der Waals surface area contributed by atoms with Gasteiger partial charge < -0.3 is 9.84 Å². The lowest BCUT2D eigenvalue weighted by molar-refractivity contribution is -0.145. The number of aliphatic carboxylic acids is 1. The first-order valence-electron chi connectivity index (χ1n) is 10.8. The van der Waals surface area contributed by atoms with E-state index in [-0.39, 0.29) is 12.5 Å².